The molecule has 3 rings (SSSR count). The smallest absolute Gasteiger partial charge is 0.255 e. The van der Waals surface area contributed by atoms with E-state index in [1.165, 1.54) is 16.1 Å². The number of aryl methyl sites for hydroxylation is 1. The summed E-state index contributed by atoms with van der Waals surface area (Å²) >= 11 is 1.68. The highest BCUT2D eigenvalue weighted by Gasteiger charge is 2.24. The number of benzene rings is 1. The van der Waals surface area contributed by atoms with E-state index < -0.39 is 0 Å². The van der Waals surface area contributed by atoms with E-state index in [1.807, 2.05) is 22.4 Å². The Labute approximate surface area is 147 Å². The molecule has 0 spiro atoms. The molecule has 1 saturated heterocycles. The number of thiophene rings is 1. The highest BCUT2D eigenvalue weighted by Crippen LogP contribution is 2.25. The summed E-state index contributed by atoms with van der Waals surface area (Å²) in [6.07, 6.45) is 0.919. The molecule has 1 aromatic heterocycles. The van der Waals surface area contributed by atoms with Crippen LogP contribution < -0.4 is 9.64 Å². The Balaban J connectivity index is 1.64. The van der Waals surface area contributed by atoms with Crippen molar-refractivity contribution >= 4 is 22.9 Å². The lowest BCUT2D eigenvalue weighted by molar-refractivity contribution is 0.0746. The summed E-state index contributed by atoms with van der Waals surface area (Å²) in [7, 11) is 1.68. The van der Waals surface area contributed by atoms with E-state index in [2.05, 4.69) is 30.9 Å². The van der Waals surface area contributed by atoms with Crippen LogP contribution in [0.4, 0.5) is 5.69 Å². The van der Waals surface area contributed by atoms with Crippen molar-refractivity contribution in [3.05, 3.63) is 45.6 Å². The molecule has 0 radical (unpaired) electrons. The molecule has 2 aromatic rings. The van der Waals surface area contributed by atoms with E-state index in [0.29, 0.717) is 0 Å². The minimum Gasteiger partial charge on any atom is -0.497 e. The molecule has 4 nitrogen and oxygen atoms in total. The van der Waals surface area contributed by atoms with Crippen molar-refractivity contribution in [3.63, 3.8) is 0 Å². The van der Waals surface area contributed by atoms with Crippen LogP contribution >= 0.6 is 11.3 Å². The molecule has 0 aliphatic carbocycles. The molecule has 24 heavy (non-hydrogen) atoms. The van der Waals surface area contributed by atoms with Gasteiger partial charge in [-0.25, -0.2) is 0 Å². The van der Waals surface area contributed by atoms with E-state index in [4.69, 9.17) is 4.74 Å². The van der Waals surface area contributed by atoms with Gasteiger partial charge in [-0.05, 0) is 43.2 Å². The minimum atomic E-state index is 0.186. The largest absolute Gasteiger partial charge is 0.497 e. The highest BCUT2D eigenvalue weighted by molar-refractivity contribution is 7.10. The number of carbonyl (C=O) groups is 1. The van der Waals surface area contributed by atoms with Gasteiger partial charge in [-0.1, -0.05) is 6.92 Å². The maximum Gasteiger partial charge on any atom is 0.255 e. The molecule has 1 aliphatic heterocycles. The van der Waals surface area contributed by atoms with Gasteiger partial charge in [-0.3, -0.25) is 4.79 Å². The Morgan fingerprint density at radius 3 is 2.42 bits per heavy atom. The van der Waals surface area contributed by atoms with Crippen LogP contribution in [-0.2, 0) is 6.42 Å². The molecular weight excluding hydrogens is 320 g/mol. The first kappa shape index (κ1) is 16.8. The number of methoxy groups -OCH3 is 1. The Kier molecular flexibility index (Phi) is 5.09. The van der Waals surface area contributed by atoms with Crippen molar-refractivity contribution in [1.29, 1.82) is 0 Å². The zero-order valence-corrected chi connectivity index (χ0v) is 15.4. The summed E-state index contributed by atoms with van der Waals surface area (Å²) in [6, 6.07) is 8.12. The Morgan fingerprint density at radius 2 is 1.83 bits per heavy atom. The molecule has 1 aliphatic rings. The summed E-state index contributed by atoms with van der Waals surface area (Å²) in [5.41, 5.74) is 3.30. The predicted molar refractivity (Wildman–Crippen MR) is 99.5 cm³/mol. The topological polar surface area (TPSA) is 32.8 Å². The lowest BCUT2D eigenvalue weighted by atomic mass is 10.1. The number of amides is 1. The van der Waals surface area contributed by atoms with Crippen LogP contribution in [0, 0.1) is 6.92 Å². The van der Waals surface area contributed by atoms with Gasteiger partial charge in [-0.2, -0.15) is 0 Å². The first-order chi connectivity index (χ1) is 11.6. The molecule has 2 heterocycles. The van der Waals surface area contributed by atoms with E-state index in [0.717, 1.165) is 43.9 Å². The standard InChI is InChI=1S/C19H24N2O2S/c1-4-17-14(2)24-13-18(17)19(22)21-11-9-20(10-12-21)15-5-7-16(23-3)8-6-15/h5-8,13H,4,9-12H2,1-3H3. The normalized spacial score (nSPS) is 14.8. The average molecular weight is 344 g/mol. The number of rotatable bonds is 4. The molecule has 128 valence electrons. The van der Waals surface area contributed by atoms with Gasteiger partial charge >= 0.3 is 0 Å². The summed E-state index contributed by atoms with van der Waals surface area (Å²) in [5.74, 6) is 1.05. The molecule has 0 N–H and O–H groups in total. The number of nitrogens with zero attached hydrogens (tertiary/aromatic N) is 2. The zero-order chi connectivity index (χ0) is 17.1. The summed E-state index contributed by atoms with van der Waals surface area (Å²) in [4.78, 5) is 18.4. The van der Waals surface area contributed by atoms with Gasteiger partial charge in [0, 0.05) is 42.1 Å². The van der Waals surface area contributed by atoms with Crippen molar-refractivity contribution in [3.8, 4) is 5.75 Å². The maximum atomic E-state index is 12.8. The fourth-order valence-corrected chi connectivity index (χ4v) is 4.16. The quantitative estimate of drug-likeness (QED) is 0.850. The van der Waals surface area contributed by atoms with Crippen molar-refractivity contribution in [2.75, 3.05) is 38.2 Å². The number of carbonyl (C=O) groups excluding carboxylic acids is 1. The second kappa shape index (κ2) is 7.26. The average Bonchev–Trinajstić information content (AvgIpc) is 3.02. The van der Waals surface area contributed by atoms with Crippen LogP contribution in [0.3, 0.4) is 0 Å². The Bertz CT molecular complexity index is 701. The van der Waals surface area contributed by atoms with Crippen LogP contribution in [-0.4, -0.2) is 44.1 Å². The predicted octanol–water partition coefficient (Wildman–Crippen LogP) is 3.59. The molecule has 5 heteroatoms. The first-order valence-electron chi connectivity index (χ1n) is 8.39. The Hall–Kier alpha value is -2.01. The van der Waals surface area contributed by atoms with Crippen LogP contribution in [0.15, 0.2) is 29.6 Å². The molecule has 0 atom stereocenters. The monoisotopic (exact) mass is 344 g/mol. The maximum absolute atomic E-state index is 12.8. The minimum absolute atomic E-state index is 0.186. The Morgan fingerprint density at radius 1 is 1.17 bits per heavy atom. The van der Waals surface area contributed by atoms with Crippen LogP contribution in [0.25, 0.3) is 0 Å². The molecule has 0 bridgehead atoms. The first-order valence-corrected chi connectivity index (χ1v) is 9.27. The molecular formula is C19H24N2O2S. The highest BCUT2D eigenvalue weighted by atomic mass is 32.1. The van der Waals surface area contributed by atoms with Crippen LogP contribution in [0.1, 0.15) is 27.7 Å². The lowest BCUT2D eigenvalue weighted by Crippen LogP contribution is -2.48. The number of piperazine rings is 1. The van der Waals surface area contributed by atoms with Crippen LogP contribution in [0.2, 0.25) is 0 Å². The summed E-state index contributed by atoms with van der Waals surface area (Å²) < 4.78 is 5.21. The molecule has 0 saturated carbocycles. The van der Waals surface area contributed by atoms with Crippen LogP contribution in [0.5, 0.6) is 5.75 Å². The number of hydrogen-bond donors (Lipinski definition) is 0. The van der Waals surface area contributed by atoms with E-state index in [-0.39, 0.29) is 5.91 Å². The van der Waals surface area contributed by atoms with Crippen molar-refractivity contribution in [2.24, 2.45) is 0 Å². The summed E-state index contributed by atoms with van der Waals surface area (Å²) in [5, 5.41) is 2.02. The number of ether oxygens (including phenoxy) is 1. The fourth-order valence-electron chi connectivity index (χ4n) is 3.23. The third-order valence-electron chi connectivity index (χ3n) is 4.69. The fraction of sp³-hybridized carbons (Fsp3) is 0.421. The van der Waals surface area contributed by atoms with Gasteiger partial charge in [0.2, 0.25) is 0 Å². The van der Waals surface area contributed by atoms with Gasteiger partial charge in [0.1, 0.15) is 5.75 Å². The zero-order valence-electron chi connectivity index (χ0n) is 14.5. The molecule has 1 fully saturated rings. The molecule has 1 amide bonds. The SMILES string of the molecule is CCc1c(C(=O)N2CCN(c3ccc(OC)cc3)CC2)csc1C. The second-order valence-corrected chi connectivity index (χ2v) is 7.10. The van der Waals surface area contributed by atoms with Crippen molar-refractivity contribution in [1.82, 2.24) is 4.90 Å². The van der Waals surface area contributed by atoms with E-state index >= 15 is 0 Å². The summed E-state index contributed by atoms with van der Waals surface area (Å²) in [6.45, 7) is 7.48. The van der Waals surface area contributed by atoms with Crippen molar-refractivity contribution in [2.45, 2.75) is 20.3 Å². The second-order valence-electron chi connectivity index (χ2n) is 6.01. The number of hydrogen-bond acceptors (Lipinski definition) is 4. The van der Waals surface area contributed by atoms with Crippen molar-refractivity contribution < 1.29 is 9.53 Å². The third-order valence-corrected chi connectivity index (χ3v) is 5.65. The molecule has 0 unspecified atom stereocenters. The third kappa shape index (κ3) is 3.26. The van der Waals surface area contributed by atoms with Gasteiger partial charge in [0.25, 0.3) is 5.91 Å². The molecule has 1 aromatic carbocycles. The van der Waals surface area contributed by atoms with Gasteiger partial charge in [-0.15, -0.1) is 11.3 Å². The van der Waals surface area contributed by atoms with E-state index in [9.17, 15) is 4.79 Å². The number of anilines is 1. The van der Waals surface area contributed by atoms with E-state index in [1.54, 1.807) is 18.4 Å². The lowest BCUT2D eigenvalue weighted by Gasteiger charge is -2.36. The van der Waals surface area contributed by atoms with Gasteiger partial charge in [0.05, 0.1) is 12.7 Å². The van der Waals surface area contributed by atoms with Gasteiger partial charge in [0.15, 0.2) is 0 Å². The van der Waals surface area contributed by atoms with Gasteiger partial charge < -0.3 is 14.5 Å².